The second kappa shape index (κ2) is 10.5. The number of nitrogens with zero attached hydrogens (tertiary/aromatic N) is 1. The molecule has 0 N–H and O–H groups in total. The lowest BCUT2D eigenvalue weighted by Gasteiger charge is -2.26. The maximum Gasteiger partial charge on any atom is 0.161 e. The Morgan fingerprint density at radius 3 is 2.52 bits per heavy atom. The standard InChI is InChI=1S/C18H27NO3.ClH/c1-15(20)16-8-9-17(18(14-16)21-2)22-13-7-6-12-19-10-4-3-5-11-19;/h8-9,14H,3-7,10-13H2,1-2H3;1H. The van der Waals surface area contributed by atoms with E-state index in [0.29, 0.717) is 23.7 Å². The van der Waals surface area contributed by atoms with Crippen LogP contribution in [-0.4, -0.2) is 44.0 Å². The first kappa shape index (κ1) is 19.8. The molecule has 0 unspecified atom stereocenters. The number of unbranched alkanes of at least 4 members (excludes halogenated alkanes) is 1. The molecule has 130 valence electrons. The molecule has 1 aromatic carbocycles. The van der Waals surface area contributed by atoms with E-state index in [9.17, 15) is 4.79 Å². The molecule has 0 spiro atoms. The third-order valence-corrected chi connectivity index (χ3v) is 4.15. The number of rotatable bonds is 8. The van der Waals surface area contributed by atoms with Gasteiger partial charge in [-0.1, -0.05) is 6.42 Å². The van der Waals surface area contributed by atoms with Gasteiger partial charge in [0.15, 0.2) is 17.3 Å². The van der Waals surface area contributed by atoms with E-state index < -0.39 is 0 Å². The first-order chi connectivity index (χ1) is 10.7. The van der Waals surface area contributed by atoms with Crippen molar-refractivity contribution in [3.8, 4) is 11.5 Å². The smallest absolute Gasteiger partial charge is 0.161 e. The second-order valence-corrected chi connectivity index (χ2v) is 5.88. The highest BCUT2D eigenvalue weighted by Crippen LogP contribution is 2.28. The van der Waals surface area contributed by atoms with E-state index in [4.69, 9.17) is 9.47 Å². The molecule has 0 aliphatic carbocycles. The predicted molar refractivity (Wildman–Crippen MR) is 95.3 cm³/mol. The van der Waals surface area contributed by atoms with Crippen molar-refractivity contribution >= 4 is 18.2 Å². The fourth-order valence-electron chi connectivity index (χ4n) is 2.81. The van der Waals surface area contributed by atoms with Gasteiger partial charge < -0.3 is 14.4 Å². The van der Waals surface area contributed by atoms with Crippen LogP contribution in [0.2, 0.25) is 0 Å². The normalized spacial score (nSPS) is 14.9. The fourth-order valence-corrected chi connectivity index (χ4v) is 2.81. The maximum atomic E-state index is 11.4. The van der Waals surface area contributed by atoms with Crippen molar-refractivity contribution in [2.75, 3.05) is 33.4 Å². The van der Waals surface area contributed by atoms with Gasteiger partial charge in [0.05, 0.1) is 13.7 Å². The topological polar surface area (TPSA) is 38.8 Å². The fraction of sp³-hybridized carbons (Fsp3) is 0.611. The average Bonchev–Trinajstić information content (AvgIpc) is 2.55. The zero-order valence-electron chi connectivity index (χ0n) is 14.2. The van der Waals surface area contributed by atoms with Crippen molar-refractivity contribution in [3.05, 3.63) is 23.8 Å². The van der Waals surface area contributed by atoms with Crippen LogP contribution in [0.5, 0.6) is 11.5 Å². The molecule has 1 fully saturated rings. The van der Waals surface area contributed by atoms with Crippen molar-refractivity contribution in [3.63, 3.8) is 0 Å². The first-order valence-corrected chi connectivity index (χ1v) is 8.25. The van der Waals surface area contributed by atoms with Gasteiger partial charge in [0.2, 0.25) is 0 Å². The largest absolute Gasteiger partial charge is 0.493 e. The van der Waals surface area contributed by atoms with Gasteiger partial charge >= 0.3 is 0 Å². The molecule has 0 aromatic heterocycles. The molecule has 1 heterocycles. The van der Waals surface area contributed by atoms with Gasteiger partial charge in [0.1, 0.15) is 0 Å². The molecule has 23 heavy (non-hydrogen) atoms. The minimum atomic E-state index is 0. The Kier molecular flexibility index (Phi) is 9.03. The molecule has 1 aromatic rings. The summed E-state index contributed by atoms with van der Waals surface area (Å²) in [4.78, 5) is 13.9. The van der Waals surface area contributed by atoms with Crippen LogP contribution in [-0.2, 0) is 0 Å². The number of ether oxygens (including phenoxy) is 2. The predicted octanol–water partition coefficient (Wildman–Crippen LogP) is 3.96. The number of methoxy groups -OCH3 is 1. The van der Waals surface area contributed by atoms with Crippen LogP contribution in [0, 0.1) is 0 Å². The van der Waals surface area contributed by atoms with Gasteiger partial charge in [-0.2, -0.15) is 0 Å². The number of benzene rings is 1. The van der Waals surface area contributed by atoms with Crippen LogP contribution < -0.4 is 9.47 Å². The molecular formula is C18H28ClNO3. The minimum Gasteiger partial charge on any atom is -0.493 e. The summed E-state index contributed by atoms with van der Waals surface area (Å²) in [6, 6.07) is 5.35. The van der Waals surface area contributed by atoms with Gasteiger partial charge in [0.25, 0.3) is 0 Å². The lowest BCUT2D eigenvalue weighted by molar-refractivity contribution is 0.101. The van der Waals surface area contributed by atoms with E-state index in [1.165, 1.54) is 38.9 Å². The third-order valence-electron chi connectivity index (χ3n) is 4.15. The summed E-state index contributed by atoms with van der Waals surface area (Å²) >= 11 is 0. The van der Waals surface area contributed by atoms with Gasteiger partial charge in [0, 0.05) is 5.56 Å². The monoisotopic (exact) mass is 341 g/mol. The van der Waals surface area contributed by atoms with Gasteiger partial charge in [-0.05, 0) is 70.4 Å². The second-order valence-electron chi connectivity index (χ2n) is 5.88. The van der Waals surface area contributed by atoms with Crippen molar-refractivity contribution in [1.82, 2.24) is 4.90 Å². The Morgan fingerprint density at radius 2 is 1.87 bits per heavy atom. The van der Waals surface area contributed by atoms with Crippen molar-refractivity contribution < 1.29 is 14.3 Å². The van der Waals surface area contributed by atoms with Crippen LogP contribution in [0.4, 0.5) is 0 Å². The highest BCUT2D eigenvalue weighted by atomic mass is 35.5. The molecule has 0 bridgehead atoms. The number of carbonyl (C=O) groups excluding carboxylic acids is 1. The summed E-state index contributed by atoms with van der Waals surface area (Å²) < 4.78 is 11.1. The maximum absolute atomic E-state index is 11.4. The van der Waals surface area contributed by atoms with E-state index in [-0.39, 0.29) is 18.2 Å². The Bertz CT molecular complexity index is 487. The van der Waals surface area contributed by atoms with Crippen molar-refractivity contribution in [1.29, 1.82) is 0 Å². The van der Waals surface area contributed by atoms with Crippen molar-refractivity contribution in [2.24, 2.45) is 0 Å². The minimum absolute atomic E-state index is 0. The number of Topliss-reactive ketones (excluding diaryl/α,β-unsaturated/α-hetero) is 1. The Hall–Kier alpha value is -1.26. The number of carbonyl (C=O) groups is 1. The summed E-state index contributed by atoms with van der Waals surface area (Å²) in [6.45, 7) is 5.91. The molecule has 1 aliphatic rings. The molecule has 0 saturated carbocycles. The molecule has 5 heteroatoms. The Balaban J connectivity index is 0.00000264. The van der Waals surface area contributed by atoms with Crippen LogP contribution in [0.25, 0.3) is 0 Å². The highest BCUT2D eigenvalue weighted by molar-refractivity contribution is 5.94. The third kappa shape index (κ3) is 6.40. The number of piperidine rings is 1. The van der Waals surface area contributed by atoms with E-state index in [2.05, 4.69) is 4.90 Å². The summed E-state index contributed by atoms with van der Waals surface area (Å²) in [5.41, 5.74) is 0.647. The average molecular weight is 342 g/mol. The number of halogens is 1. The quantitative estimate of drug-likeness (QED) is 0.530. The molecule has 0 amide bonds. The number of hydrogen-bond acceptors (Lipinski definition) is 4. The van der Waals surface area contributed by atoms with Gasteiger partial charge in [-0.15, -0.1) is 12.4 Å². The Labute approximate surface area is 145 Å². The summed E-state index contributed by atoms with van der Waals surface area (Å²) in [7, 11) is 1.60. The summed E-state index contributed by atoms with van der Waals surface area (Å²) in [6.07, 6.45) is 6.27. The van der Waals surface area contributed by atoms with E-state index in [1.807, 2.05) is 6.07 Å². The van der Waals surface area contributed by atoms with Gasteiger partial charge in [-0.3, -0.25) is 4.79 Å². The lowest BCUT2D eigenvalue weighted by Crippen LogP contribution is -2.30. The molecule has 1 saturated heterocycles. The summed E-state index contributed by atoms with van der Waals surface area (Å²) in [5.74, 6) is 1.38. The number of hydrogen-bond donors (Lipinski definition) is 0. The SMILES string of the molecule is COc1cc(C(C)=O)ccc1OCCCCN1CCCCC1.Cl. The number of ketones is 1. The Morgan fingerprint density at radius 1 is 1.13 bits per heavy atom. The van der Waals surface area contributed by atoms with E-state index >= 15 is 0 Å². The molecule has 0 radical (unpaired) electrons. The molecule has 4 nitrogen and oxygen atoms in total. The lowest BCUT2D eigenvalue weighted by atomic mass is 10.1. The van der Waals surface area contributed by atoms with E-state index in [1.54, 1.807) is 26.2 Å². The molecule has 1 aliphatic heterocycles. The van der Waals surface area contributed by atoms with Crippen molar-refractivity contribution in [2.45, 2.75) is 39.0 Å². The van der Waals surface area contributed by atoms with Crippen LogP contribution in [0.1, 0.15) is 49.4 Å². The van der Waals surface area contributed by atoms with Crippen LogP contribution in [0.15, 0.2) is 18.2 Å². The number of likely N-dealkylation sites (tertiary alicyclic amines) is 1. The molecular weight excluding hydrogens is 314 g/mol. The molecule has 2 rings (SSSR count). The summed E-state index contributed by atoms with van der Waals surface area (Å²) in [5, 5.41) is 0. The zero-order valence-corrected chi connectivity index (χ0v) is 15.0. The van der Waals surface area contributed by atoms with Crippen LogP contribution >= 0.6 is 12.4 Å². The highest BCUT2D eigenvalue weighted by Gasteiger charge is 2.10. The van der Waals surface area contributed by atoms with E-state index in [0.717, 1.165) is 12.8 Å². The van der Waals surface area contributed by atoms with Gasteiger partial charge in [-0.25, -0.2) is 0 Å². The first-order valence-electron chi connectivity index (χ1n) is 8.25. The van der Waals surface area contributed by atoms with Crippen LogP contribution in [0.3, 0.4) is 0 Å². The molecule has 0 atom stereocenters. The zero-order chi connectivity index (χ0) is 15.8.